The molecule has 5 rings (SSSR count). The Morgan fingerprint density at radius 3 is 2.52 bits per heavy atom. The van der Waals surface area contributed by atoms with Crippen LogP contribution in [0.5, 0.6) is 5.75 Å². The summed E-state index contributed by atoms with van der Waals surface area (Å²) in [6.45, 7) is 6.57. The van der Waals surface area contributed by atoms with Crippen LogP contribution in [0.3, 0.4) is 0 Å². The molecule has 0 radical (unpaired) electrons. The molecule has 2 aromatic heterocycles. The third-order valence-electron chi connectivity index (χ3n) is 5.85. The van der Waals surface area contributed by atoms with Crippen LogP contribution in [0.2, 0.25) is 0 Å². The molecule has 0 amide bonds. The fraction of sp³-hybridized carbons (Fsp3) is 0.292. The number of hydrogen-bond donors (Lipinski definition) is 2. The van der Waals surface area contributed by atoms with Crippen molar-refractivity contribution >= 4 is 21.8 Å². The molecule has 1 aliphatic rings. The van der Waals surface area contributed by atoms with Crippen molar-refractivity contribution in [3.8, 4) is 17.0 Å². The lowest BCUT2D eigenvalue weighted by atomic mass is 9.87. The SMILES string of the molecule is CC(C)(C)c1ccnc(-c2c(O)ccc3c2[nH]c2cc4c(cc23)CCC4)c1. The zero-order valence-electron chi connectivity index (χ0n) is 16.1. The molecule has 2 N–H and O–H groups in total. The Balaban J connectivity index is 1.80. The highest BCUT2D eigenvalue weighted by Crippen LogP contribution is 2.40. The van der Waals surface area contributed by atoms with Crippen molar-refractivity contribution in [3.63, 3.8) is 0 Å². The molecule has 27 heavy (non-hydrogen) atoms. The first kappa shape index (κ1) is 16.4. The van der Waals surface area contributed by atoms with Crippen LogP contribution in [0.15, 0.2) is 42.6 Å². The van der Waals surface area contributed by atoms with E-state index in [0.717, 1.165) is 40.5 Å². The van der Waals surface area contributed by atoms with E-state index in [1.54, 1.807) is 6.07 Å². The summed E-state index contributed by atoms with van der Waals surface area (Å²) >= 11 is 0. The second kappa shape index (κ2) is 5.59. The normalized spacial score (nSPS) is 14.2. The van der Waals surface area contributed by atoms with E-state index in [-0.39, 0.29) is 11.2 Å². The fourth-order valence-electron chi connectivity index (χ4n) is 4.32. The van der Waals surface area contributed by atoms with E-state index >= 15 is 0 Å². The summed E-state index contributed by atoms with van der Waals surface area (Å²) in [5.41, 5.74) is 7.86. The monoisotopic (exact) mass is 356 g/mol. The predicted octanol–water partition coefficient (Wildman–Crippen LogP) is 5.87. The lowest BCUT2D eigenvalue weighted by Crippen LogP contribution is -2.11. The van der Waals surface area contributed by atoms with E-state index in [4.69, 9.17) is 0 Å². The van der Waals surface area contributed by atoms with Gasteiger partial charge >= 0.3 is 0 Å². The summed E-state index contributed by atoms with van der Waals surface area (Å²) in [7, 11) is 0. The minimum absolute atomic E-state index is 0.0302. The largest absolute Gasteiger partial charge is 0.507 e. The Hall–Kier alpha value is -2.81. The summed E-state index contributed by atoms with van der Waals surface area (Å²) in [6, 6.07) is 12.6. The number of nitrogens with one attached hydrogen (secondary N) is 1. The predicted molar refractivity (Wildman–Crippen MR) is 111 cm³/mol. The van der Waals surface area contributed by atoms with Crippen LogP contribution < -0.4 is 0 Å². The molecule has 0 fully saturated rings. The lowest BCUT2D eigenvalue weighted by Gasteiger charge is -2.19. The van der Waals surface area contributed by atoms with Gasteiger partial charge in [0.15, 0.2) is 0 Å². The maximum Gasteiger partial charge on any atom is 0.127 e. The Morgan fingerprint density at radius 1 is 0.963 bits per heavy atom. The molecular formula is C24H24N2O. The standard InChI is InChI=1S/C24H24N2O/c1-24(2,3)16-9-10-25-20(13-16)22-21(27)8-7-17-18-11-14-5-4-6-15(14)12-19(18)26-23(17)22/h7-13,26-27H,4-6H2,1-3H3. The van der Waals surface area contributed by atoms with Crippen molar-refractivity contribution in [2.75, 3.05) is 0 Å². The van der Waals surface area contributed by atoms with Crippen molar-refractivity contribution in [1.82, 2.24) is 9.97 Å². The van der Waals surface area contributed by atoms with Gasteiger partial charge in [0.1, 0.15) is 5.75 Å². The number of nitrogens with zero attached hydrogens (tertiary/aromatic N) is 1. The number of hydrogen-bond acceptors (Lipinski definition) is 2. The summed E-state index contributed by atoms with van der Waals surface area (Å²) in [5.74, 6) is 0.264. The van der Waals surface area contributed by atoms with Gasteiger partial charge < -0.3 is 10.1 Å². The Morgan fingerprint density at radius 2 is 1.74 bits per heavy atom. The van der Waals surface area contributed by atoms with Crippen LogP contribution in [0.1, 0.15) is 43.9 Å². The van der Waals surface area contributed by atoms with Gasteiger partial charge in [-0.1, -0.05) is 20.8 Å². The maximum atomic E-state index is 10.7. The summed E-state index contributed by atoms with van der Waals surface area (Å²) in [5, 5.41) is 13.1. The molecule has 0 unspecified atom stereocenters. The molecule has 0 saturated carbocycles. The molecule has 4 aromatic rings. The van der Waals surface area contributed by atoms with Crippen LogP contribution in [0.4, 0.5) is 0 Å². The smallest absolute Gasteiger partial charge is 0.127 e. The van der Waals surface area contributed by atoms with Crippen LogP contribution >= 0.6 is 0 Å². The van der Waals surface area contributed by atoms with Crippen molar-refractivity contribution in [3.05, 3.63) is 59.3 Å². The first-order chi connectivity index (χ1) is 12.9. The van der Waals surface area contributed by atoms with Crippen molar-refractivity contribution < 1.29 is 5.11 Å². The van der Waals surface area contributed by atoms with E-state index in [0.29, 0.717) is 0 Å². The molecule has 0 bridgehead atoms. The quantitative estimate of drug-likeness (QED) is 0.448. The number of phenols is 1. The number of benzene rings is 2. The Bertz CT molecular complexity index is 1190. The number of H-pyrrole nitrogens is 1. The summed E-state index contributed by atoms with van der Waals surface area (Å²) in [6.07, 6.45) is 5.41. The number of aromatic amines is 1. The van der Waals surface area contributed by atoms with Gasteiger partial charge in [-0.15, -0.1) is 0 Å². The number of phenolic OH excluding ortho intramolecular Hbond substituents is 1. The molecule has 2 heterocycles. The Labute approximate surface area is 159 Å². The van der Waals surface area contributed by atoms with Crippen molar-refractivity contribution in [2.24, 2.45) is 0 Å². The van der Waals surface area contributed by atoms with Crippen molar-refractivity contribution in [1.29, 1.82) is 0 Å². The number of fused-ring (bicyclic) bond motifs is 4. The highest BCUT2D eigenvalue weighted by atomic mass is 16.3. The molecule has 136 valence electrons. The van der Waals surface area contributed by atoms with Gasteiger partial charge in [-0.25, -0.2) is 0 Å². The van der Waals surface area contributed by atoms with Gasteiger partial charge in [-0.05, 0) is 77.8 Å². The average molecular weight is 356 g/mol. The van der Waals surface area contributed by atoms with Gasteiger partial charge in [0.05, 0.1) is 16.8 Å². The van der Waals surface area contributed by atoms with Crippen LogP contribution in [0, 0.1) is 0 Å². The minimum atomic E-state index is 0.0302. The molecule has 0 saturated heterocycles. The summed E-state index contributed by atoms with van der Waals surface area (Å²) < 4.78 is 0. The molecular weight excluding hydrogens is 332 g/mol. The zero-order chi connectivity index (χ0) is 18.8. The number of pyridine rings is 1. The van der Waals surface area contributed by atoms with Gasteiger partial charge in [0.2, 0.25) is 0 Å². The second-order valence-electron chi connectivity index (χ2n) is 8.71. The highest BCUT2D eigenvalue weighted by molar-refractivity contribution is 6.13. The average Bonchev–Trinajstić information content (AvgIpc) is 3.22. The van der Waals surface area contributed by atoms with E-state index in [2.05, 4.69) is 55.0 Å². The lowest BCUT2D eigenvalue weighted by molar-refractivity contribution is 0.478. The number of aromatic hydroxyl groups is 1. The van der Waals surface area contributed by atoms with E-state index < -0.39 is 0 Å². The van der Waals surface area contributed by atoms with E-state index in [9.17, 15) is 5.11 Å². The molecule has 0 spiro atoms. The summed E-state index contributed by atoms with van der Waals surface area (Å²) in [4.78, 5) is 8.16. The van der Waals surface area contributed by atoms with Gasteiger partial charge in [0.25, 0.3) is 0 Å². The fourth-order valence-corrected chi connectivity index (χ4v) is 4.32. The molecule has 2 aromatic carbocycles. The van der Waals surface area contributed by atoms with Crippen molar-refractivity contribution in [2.45, 2.75) is 45.4 Å². The molecule has 3 nitrogen and oxygen atoms in total. The third kappa shape index (κ3) is 2.53. The Kier molecular flexibility index (Phi) is 3.39. The van der Waals surface area contributed by atoms with Crippen LogP contribution in [-0.4, -0.2) is 15.1 Å². The highest BCUT2D eigenvalue weighted by Gasteiger charge is 2.20. The number of rotatable bonds is 1. The zero-order valence-corrected chi connectivity index (χ0v) is 16.1. The molecule has 0 atom stereocenters. The second-order valence-corrected chi connectivity index (χ2v) is 8.71. The van der Waals surface area contributed by atoms with E-state index in [1.165, 1.54) is 28.5 Å². The molecule has 0 aliphatic heterocycles. The van der Waals surface area contributed by atoms with Gasteiger partial charge in [0, 0.05) is 22.5 Å². The number of aryl methyl sites for hydroxylation is 2. The minimum Gasteiger partial charge on any atom is -0.507 e. The molecule has 1 aliphatic carbocycles. The van der Waals surface area contributed by atoms with Crippen LogP contribution in [0.25, 0.3) is 33.1 Å². The number of aromatic nitrogens is 2. The topological polar surface area (TPSA) is 48.9 Å². The first-order valence-electron chi connectivity index (χ1n) is 9.68. The first-order valence-corrected chi connectivity index (χ1v) is 9.68. The van der Waals surface area contributed by atoms with E-state index in [1.807, 2.05) is 12.3 Å². The molecule has 3 heteroatoms. The van der Waals surface area contributed by atoms with Crippen LogP contribution in [-0.2, 0) is 18.3 Å². The third-order valence-corrected chi connectivity index (χ3v) is 5.85. The van der Waals surface area contributed by atoms with Gasteiger partial charge in [-0.2, -0.15) is 0 Å². The van der Waals surface area contributed by atoms with Gasteiger partial charge in [-0.3, -0.25) is 4.98 Å². The maximum absolute atomic E-state index is 10.7.